The number of nitrogens with one attached hydrogen (secondary N) is 2. The smallest absolute Gasteiger partial charge is 0.289 e. The summed E-state index contributed by atoms with van der Waals surface area (Å²) in [4.78, 5) is 38.2. The number of hydrogen-bond donors (Lipinski definition) is 2. The summed E-state index contributed by atoms with van der Waals surface area (Å²) in [6.45, 7) is 2.89. The molecule has 1 aromatic carbocycles. The van der Waals surface area contributed by atoms with Crippen molar-refractivity contribution in [1.82, 2.24) is 15.5 Å². The molecule has 1 aromatic heterocycles. The number of piperidine rings is 1. The number of furan rings is 1. The number of amides is 3. The van der Waals surface area contributed by atoms with E-state index in [1.807, 2.05) is 19.1 Å². The highest BCUT2D eigenvalue weighted by molar-refractivity contribution is 5.97. The van der Waals surface area contributed by atoms with Crippen LogP contribution in [0.2, 0.25) is 0 Å². The van der Waals surface area contributed by atoms with E-state index in [0.29, 0.717) is 37.3 Å². The van der Waals surface area contributed by atoms with E-state index in [1.165, 1.54) is 6.26 Å². The lowest BCUT2D eigenvalue weighted by atomic mass is 10.0. The van der Waals surface area contributed by atoms with Crippen molar-refractivity contribution in [1.29, 1.82) is 0 Å². The third-order valence-electron chi connectivity index (χ3n) is 4.68. The second-order valence-electron chi connectivity index (χ2n) is 6.61. The van der Waals surface area contributed by atoms with E-state index in [1.54, 1.807) is 29.2 Å². The molecule has 2 N–H and O–H groups in total. The molecule has 7 heteroatoms. The molecule has 0 aliphatic carbocycles. The zero-order valence-electron chi connectivity index (χ0n) is 15.2. The minimum Gasteiger partial charge on any atom is -0.459 e. The van der Waals surface area contributed by atoms with Gasteiger partial charge in [-0.1, -0.05) is 18.2 Å². The molecule has 0 spiro atoms. The molecular weight excluding hydrogens is 346 g/mol. The van der Waals surface area contributed by atoms with Crippen molar-refractivity contribution in [2.75, 3.05) is 19.6 Å². The van der Waals surface area contributed by atoms with E-state index in [9.17, 15) is 14.4 Å². The predicted octanol–water partition coefficient (Wildman–Crippen LogP) is 1.74. The normalized spacial score (nSPS) is 14.6. The molecule has 1 aliphatic rings. The lowest BCUT2D eigenvalue weighted by molar-refractivity contribution is -0.121. The highest BCUT2D eigenvalue weighted by Crippen LogP contribution is 2.14. The summed E-state index contributed by atoms with van der Waals surface area (Å²) in [6, 6.07) is 10.6. The Bertz CT molecular complexity index is 808. The number of rotatable bonds is 5. The largest absolute Gasteiger partial charge is 0.459 e. The molecule has 3 rings (SSSR count). The molecule has 0 radical (unpaired) electrons. The van der Waals surface area contributed by atoms with Crippen molar-refractivity contribution in [2.24, 2.45) is 0 Å². The highest BCUT2D eigenvalue weighted by atomic mass is 16.3. The van der Waals surface area contributed by atoms with Gasteiger partial charge in [-0.3, -0.25) is 14.4 Å². The number of benzene rings is 1. The van der Waals surface area contributed by atoms with Crippen LogP contribution >= 0.6 is 0 Å². The zero-order valence-corrected chi connectivity index (χ0v) is 15.2. The van der Waals surface area contributed by atoms with Crippen molar-refractivity contribution in [3.05, 3.63) is 59.5 Å². The van der Waals surface area contributed by atoms with Crippen molar-refractivity contribution in [3.8, 4) is 0 Å². The van der Waals surface area contributed by atoms with Crippen LogP contribution in [0.4, 0.5) is 0 Å². The summed E-state index contributed by atoms with van der Waals surface area (Å²) in [7, 11) is 0. The molecule has 3 amide bonds. The number of likely N-dealkylation sites (tertiary alicyclic amines) is 1. The molecule has 1 saturated heterocycles. The molecule has 7 nitrogen and oxygen atoms in total. The summed E-state index contributed by atoms with van der Waals surface area (Å²) < 4.78 is 5.14. The highest BCUT2D eigenvalue weighted by Gasteiger charge is 2.25. The third-order valence-corrected chi connectivity index (χ3v) is 4.68. The number of nitrogens with zero attached hydrogens (tertiary/aromatic N) is 1. The van der Waals surface area contributed by atoms with Crippen LogP contribution in [0, 0.1) is 6.92 Å². The van der Waals surface area contributed by atoms with Crippen LogP contribution in [-0.4, -0.2) is 48.3 Å². The summed E-state index contributed by atoms with van der Waals surface area (Å²) >= 11 is 0. The van der Waals surface area contributed by atoms with E-state index in [4.69, 9.17) is 4.42 Å². The van der Waals surface area contributed by atoms with E-state index >= 15 is 0 Å². The van der Waals surface area contributed by atoms with E-state index in [-0.39, 0.29) is 30.3 Å². The topological polar surface area (TPSA) is 91.7 Å². The van der Waals surface area contributed by atoms with Crippen molar-refractivity contribution >= 4 is 17.7 Å². The Morgan fingerprint density at radius 2 is 1.85 bits per heavy atom. The first kappa shape index (κ1) is 18.7. The van der Waals surface area contributed by atoms with Gasteiger partial charge in [0.05, 0.1) is 12.8 Å². The predicted molar refractivity (Wildman–Crippen MR) is 99.3 cm³/mol. The lowest BCUT2D eigenvalue weighted by Gasteiger charge is -2.31. The molecule has 1 fully saturated rings. The van der Waals surface area contributed by atoms with Crippen LogP contribution in [0.1, 0.15) is 39.3 Å². The van der Waals surface area contributed by atoms with Crippen LogP contribution in [0.3, 0.4) is 0 Å². The van der Waals surface area contributed by atoms with Gasteiger partial charge in [0.15, 0.2) is 5.76 Å². The van der Waals surface area contributed by atoms with Crippen LogP contribution in [0.5, 0.6) is 0 Å². The van der Waals surface area contributed by atoms with Gasteiger partial charge in [-0.25, -0.2) is 0 Å². The fourth-order valence-corrected chi connectivity index (χ4v) is 3.15. The Morgan fingerprint density at radius 1 is 1.11 bits per heavy atom. The Balaban J connectivity index is 1.41. The quantitative estimate of drug-likeness (QED) is 0.840. The van der Waals surface area contributed by atoms with Gasteiger partial charge < -0.3 is 20.0 Å². The Labute approximate surface area is 157 Å². The molecule has 0 saturated carbocycles. The molecule has 27 heavy (non-hydrogen) atoms. The number of carbonyl (C=O) groups excluding carboxylic acids is 3. The number of carbonyl (C=O) groups is 3. The monoisotopic (exact) mass is 369 g/mol. The average Bonchev–Trinajstić information content (AvgIpc) is 3.21. The van der Waals surface area contributed by atoms with Crippen LogP contribution in [-0.2, 0) is 4.79 Å². The standard InChI is InChI=1S/C20H23N3O4/c1-14-5-2-3-6-16(14)19(25)21-13-18(24)22-15-8-10-23(11-9-15)20(26)17-7-4-12-27-17/h2-7,12,15H,8-11,13H2,1H3,(H,21,25)(H,22,24). The fraction of sp³-hybridized carbons (Fsp3) is 0.350. The van der Waals surface area contributed by atoms with Crippen molar-refractivity contribution in [2.45, 2.75) is 25.8 Å². The van der Waals surface area contributed by atoms with Gasteiger partial charge in [-0.2, -0.15) is 0 Å². The van der Waals surface area contributed by atoms with Gasteiger partial charge in [0, 0.05) is 24.7 Å². The van der Waals surface area contributed by atoms with Gasteiger partial charge in [0.2, 0.25) is 5.91 Å². The minimum atomic E-state index is -0.262. The van der Waals surface area contributed by atoms with E-state index in [0.717, 1.165) is 5.56 Å². The van der Waals surface area contributed by atoms with Crippen LogP contribution < -0.4 is 10.6 Å². The Kier molecular flexibility index (Phi) is 5.90. The molecule has 142 valence electrons. The summed E-state index contributed by atoms with van der Waals surface area (Å²) in [5, 5.41) is 5.57. The second kappa shape index (κ2) is 8.53. The minimum absolute atomic E-state index is 0.00601. The average molecular weight is 369 g/mol. The maximum atomic E-state index is 12.2. The molecule has 0 bridgehead atoms. The summed E-state index contributed by atoms with van der Waals surface area (Å²) in [5.74, 6) is -0.290. The number of aryl methyl sites for hydroxylation is 1. The molecule has 2 aromatic rings. The molecule has 1 aliphatic heterocycles. The fourth-order valence-electron chi connectivity index (χ4n) is 3.15. The van der Waals surface area contributed by atoms with Crippen molar-refractivity contribution in [3.63, 3.8) is 0 Å². The van der Waals surface area contributed by atoms with Crippen LogP contribution in [0.15, 0.2) is 47.1 Å². The maximum absolute atomic E-state index is 12.2. The SMILES string of the molecule is Cc1ccccc1C(=O)NCC(=O)NC1CCN(C(=O)c2ccco2)CC1. The second-order valence-corrected chi connectivity index (χ2v) is 6.61. The molecular formula is C20H23N3O4. The number of hydrogen-bond acceptors (Lipinski definition) is 4. The van der Waals surface area contributed by atoms with E-state index < -0.39 is 0 Å². The summed E-state index contributed by atoms with van der Waals surface area (Å²) in [5.41, 5.74) is 1.43. The maximum Gasteiger partial charge on any atom is 0.289 e. The van der Waals surface area contributed by atoms with Gasteiger partial charge in [-0.05, 0) is 43.5 Å². The Morgan fingerprint density at radius 3 is 2.52 bits per heavy atom. The van der Waals surface area contributed by atoms with Crippen molar-refractivity contribution < 1.29 is 18.8 Å². The first-order valence-corrected chi connectivity index (χ1v) is 9.00. The Hall–Kier alpha value is -3.09. The molecule has 2 heterocycles. The zero-order chi connectivity index (χ0) is 19.2. The molecule has 0 atom stereocenters. The van der Waals surface area contributed by atoms with Gasteiger partial charge in [0.25, 0.3) is 11.8 Å². The lowest BCUT2D eigenvalue weighted by Crippen LogP contribution is -2.48. The molecule has 0 unspecified atom stereocenters. The third kappa shape index (κ3) is 4.75. The first-order valence-electron chi connectivity index (χ1n) is 9.00. The first-order chi connectivity index (χ1) is 13.0. The van der Waals surface area contributed by atoms with Gasteiger partial charge in [-0.15, -0.1) is 0 Å². The van der Waals surface area contributed by atoms with Gasteiger partial charge >= 0.3 is 0 Å². The van der Waals surface area contributed by atoms with E-state index in [2.05, 4.69) is 10.6 Å². The van der Waals surface area contributed by atoms with Gasteiger partial charge in [0.1, 0.15) is 0 Å². The summed E-state index contributed by atoms with van der Waals surface area (Å²) in [6.07, 6.45) is 2.82. The van der Waals surface area contributed by atoms with Crippen LogP contribution in [0.25, 0.3) is 0 Å².